The Morgan fingerprint density at radius 3 is 2.69 bits per heavy atom. The van der Waals surface area contributed by atoms with Crippen LogP contribution in [0.25, 0.3) is 0 Å². The molecule has 0 amide bonds. The van der Waals surface area contributed by atoms with Crippen molar-refractivity contribution in [3.05, 3.63) is 34.9 Å². The molecule has 0 saturated carbocycles. The first-order valence-electron chi connectivity index (χ1n) is 5.86. The number of ether oxygens (including phenoxy) is 1. The van der Waals surface area contributed by atoms with E-state index in [-0.39, 0.29) is 6.10 Å². The molecule has 1 N–H and O–H groups in total. The van der Waals surface area contributed by atoms with Crippen LogP contribution in [0.15, 0.2) is 24.3 Å². The third-order valence-corrected chi connectivity index (χ3v) is 2.72. The van der Waals surface area contributed by atoms with Gasteiger partial charge in [-0.2, -0.15) is 0 Å². The Morgan fingerprint density at radius 1 is 1.31 bits per heavy atom. The van der Waals surface area contributed by atoms with E-state index in [1.165, 1.54) is 0 Å². The van der Waals surface area contributed by atoms with Gasteiger partial charge in [-0.15, -0.1) is 0 Å². The molecular weight excluding hydrogens is 222 g/mol. The average molecular weight is 242 g/mol. The van der Waals surface area contributed by atoms with Crippen LogP contribution in [0.4, 0.5) is 0 Å². The standard InChI is InChI=1S/C13H20ClNO/c1-3-9-15-10-13(16-4-2)11-7-5-6-8-12(11)14/h5-8,13,15H,3-4,9-10H2,1-2H3. The summed E-state index contributed by atoms with van der Waals surface area (Å²) in [5.41, 5.74) is 1.06. The lowest BCUT2D eigenvalue weighted by Crippen LogP contribution is -2.24. The summed E-state index contributed by atoms with van der Waals surface area (Å²) in [5.74, 6) is 0. The van der Waals surface area contributed by atoms with Crippen LogP contribution in [0.3, 0.4) is 0 Å². The van der Waals surface area contributed by atoms with Gasteiger partial charge in [0.25, 0.3) is 0 Å². The third kappa shape index (κ3) is 4.12. The summed E-state index contributed by atoms with van der Waals surface area (Å²) < 4.78 is 5.71. The molecule has 0 aromatic heterocycles. The molecule has 0 aliphatic heterocycles. The molecular formula is C13H20ClNO. The van der Waals surface area contributed by atoms with Crippen molar-refractivity contribution in [3.8, 4) is 0 Å². The van der Waals surface area contributed by atoms with Crippen LogP contribution in [0, 0.1) is 0 Å². The van der Waals surface area contributed by atoms with Crippen molar-refractivity contribution in [1.82, 2.24) is 5.32 Å². The molecule has 0 saturated heterocycles. The van der Waals surface area contributed by atoms with Crippen molar-refractivity contribution >= 4 is 11.6 Å². The monoisotopic (exact) mass is 241 g/mol. The molecule has 0 aliphatic carbocycles. The van der Waals surface area contributed by atoms with E-state index in [9.17, 15) is 0 Å². The highest BCUT2D eigenvalue weighted by Gasteiger charge is 2.13. The number of hydrogen-bond acceptors (Lipinski definition) is 2. The minimum atomic E-state index is 0.0465. The van der Waals surface area contributed by atoms with Crippen LogP contribution in [0.2, 0.25) is 5.02 Å². The molecule has 1 aromatic rings. The van der Waals surface area contributed by atoms with Crippen molar-refractivity contribution < 1.29 is 4.74 Å². The minimum Gasteiger partial charge on any atom is -0.372 e. The van der Waals surface area contributed by atoms with Crippen LogP contribution in [0.1, 0.15) is 31.9 Å². The smallest absolute Gasteiger partial charge is 0.0963 e. The predicted molar refractivity (Wildman–Crippen MR) is 69.0 cm³/mol. The largest absolute Gasteiger partial charge is 0.372 e. The van der Waals surface area contributed by atoms with E-state index >= 15 is 0 Å². The first kappa shape index (κ1) is 13.5. The van der Waals surface area contributed by atoms with Gasteiger partial charge in [-0.25, -0.2) is 0 Å². The summed E-state index contributed by atoms with van der Waals surface area (Å²) in [5, 5.41) is 4.14. The molecule has 1 rings (SSSR count). The van der Waals surface area contributed by atoms with Gasteiger partial charge in [0, 0.05) is 23.7 Å². The predicted octanol–water partition coefficient (Wildman–Crippen LogP) is 3.42. The second kappa shape index (κ2) is 7.66. The van der Waals surface area contributed by atoms with Crippen LogP contribution in [-0.2, 0) is 4.74 Å². The molecule has 0 fully saturated rings. The topological polar surface area (TPSA) is 21.3 Å². The van der Waals surface area contributed by atoms with Gasteiger partial charge in [-0.1, -0.05) is 36.7 Å². The average Bonchev–Trinajstić information content (AvgIpc) is 2.29. The first-order valence-corrected chi connectivity index (χ1v) is 6.24. The van der Waals surface area contributed by atoms with Gasteiger partial charge in [0.2, 0.25) is 0 Å². The number of rotatable bonds is 7. The fourth-order valence-electron chi connectivity index (χ4n) is 1.61. The highest BCUT2D eigenvalue weighted by molar-refractivity contribution is 6.31. The molecule has 3 heteroatoms. The van der Waals surface area contributed by atoms with Gasteiger partial charge in [0.15, 0.2) is 0 Å². The van der Waals surface area contributed by atoms with E-state index in [2.05, 4.69) is 12.2 Å². The quantitative estimate of drug-likeness (QED) is 0.739. The van der Waals surface area contributed by atoms with Crippen LogP contribution in [0.5, 0.6) is 0 Å². The zero-order valence-electron chi connectivity index (χ0n) is 10.0. The molecule has 2 nitrogen and oxygen atoms in total. The van der Waals surface area contributed by atoms with E-state index in [0.29, 0.717) is 6.61 Å². The summed E-state index contributed by atoms with van der Waals surface area (Å²) in [6.45, 7) is 6.67. The Labute approximate surface area is 103 Å². The highest BCUT2D eigenvalue weighted by Crippen LogP contribution is 2.24. The zero-order chi connectivity index (χ0) is 11.8. The summed E-state index contributed by atoms with van der Waals surface area (Å²) in [6, 6.07) is 7.86. The van der Waals surface area contributed by atoms with Crippen molar-refractivity contribution in [3.63, 3.8) is 0 Å². The molecule has 0 aliphatic rings. The van der Waals surface area contributed by atoms with Crippen LogP contribution in [-0.4, -0.2) is 19.7 Å². The zero-order valence-corrected chi connectivity index (χ0v) is 10.8. The second-order valence-electron chi connectivity index (χ2n) is 3.67. The SMILES string of the molecule is CCCNCC(OCC)c1ccccc1Cl. The normalized spacial score (nSPS) is 12.7. The van der Waals surface area contributed by atoms with Gasteiger partial charge >= 0.3 is 0 Å². The van der Waals surface area contributed by atoms with Gasteiger partial charge < -0.3 is 10.1 Å². The maximum absolute atomic E-state index is 6.16. The third-order valence-electron chi connectivity index (χ3n) is 2.38. The Bertz CT molecular complexity index is 304. The van der Waals surface area contributed by atoms with Crippen molar-refractivity contribution in [2.45, 2.75) is 26.4 Å². The Kier molecular flexibility index (Phi) is 6.46. The Hall–Kier alpha value is -0.570. The second-order valence-corrected chi connectivity index (χ2v) is 4.08. The minimum absolute atomic E-state index is 0.0465. The van der Waals surface area contributed by atoms with Gasteiger partial charge in [-0.05, 0) is 26.0 Å². The fourth-order valence-corrected chi connectivity index (χ4v) is 1.86. The highest BCUT2D eigenvalue weighted by atomic mass is 35.5. The Morgan fingerprint density at radius 2 is 2.06 bits per heavy atom. The van der Waals surface area contributed by atoms with E-state index in [0.717, 1.165) is 30.1 Å². The summed E-state index contributed by atoms with van der Waals surface area (Å²) >= 11 is 6.16. The summed E-state index contributed by atoms with van der Waals surface area (Å²) in [6.07, 6.45) is 1.17. The number of nitrogens with one attached hydrogen (secondary N) is 1. The maximum Gasteiger partial charge on any atom is 0.0963 e. The number of halogens is 1. The molecule has 0 radical (unpaired) electrons. The molecule has 90 valence electrons. The molecule has 1 unspecified atom stereocenters. The molecule has 0 spiro atoms. The molecule has 1 atom stereocenters. The van der Waals surface area contributed by atoms with Crippen molar-refractivity contribution in [2.75, 3.05) is 19.7 Å². The van der Waals surface area contributed by atoms with E-state index < -0.39 is 0 Å². The van der Waals surface area contributed by atoms with E-state index in [1.807, 2.05) is 31.2 Å². The summed E-state index contributed by atoms with van der Waals surface area (Å²) in [7, 11) is 0. The summed E-state index contributed by atoms with van der Waals surface area (Å²) in [4.78, 5) is 0. The van der Waals surface area contributed by atoms with Crippen LogP contribution < -0.4 is 5.32 Å². The van der Waals surface area contributed by atoms with E-state index in [4.69, 9.17) is 16.3 Å². The molecule has 0 heterocycles. The maximum atomic E-state index is 6.16. The fraction of sp³-hybridized carbons (Fsp3) is 0.538. The lowest BCUT2D eigenvalue weighted by molar-refractivity contribution is 0.0626. The lowest BCUT2D eigenvalue weighted by atomic mass is 10.1. The van der Waals surface area contributed by atoms with Gasteiger partial charge in [0.05, 0.1) is 6.10 Å². The molecule has 0 bridgehead atoms. The Balaban J connectivity index is 2.65. The van der Waals surface area contributed by atoms with Gasteiger partial charge in [-0.3, -0.25) is 0 Å². The van der Waals surface area contributed by atoms with Crippen molar-refractivity contribution in [1.29, 1.82) is 0 Å². The van der Waals surface area contributed by atoms with Crippen molar-refractivity contribution in [2.24, 2.45) is 0 Å². The van der Waals surface area contributed by atoms with Crippen LogP contribution >= 0.6 is 11.6 Å². The van der Waals surface area contributed by atoms with Gasteiger partial charge in [0.1, 0.15) is 0 Å². The number of hydrogen-bond donors (Lipinski definition) is 1. The molecule has 1 aromatic carbocycles. The van der Waals surface area contributed by atoms with E-state index in [1.54, 1.807) is 0 Å². The lowest BCUT2D eigenvalue weighted by Gasteiger charge is -2.19. The number of benzene rings is 1. The molecule has 16 heavy (non-hydrogen) atoms. The first-order chi connectivity index (χ1) is 7.79.